The lowest BCUT2D eigenvalue weighted by atomic mass is 10.4. The molecule has 0 atom stereocenters. The summed E-state index contributed by atoms with van der Waals surface area (Å²) in [5.74, 6) is -1.33. The standard InChI is InChI=1S/C11H18O6/c1-9(2)11(14)17-8-7-16-6-5-15-4-3-10(12)13/h1,3-8H2,2H3,(H,12,13). The van der Waals surface area contributed by atoms with E-state index in [1.807, 2.05) is 0 Å². The van der Waals surface area contributed by atoms with Crippen LogP contribution in [0.15, 0.2) is 12.2 Å². The molecule has 6 heteroatoms. The first-order chi connectivity index (χ1) is 8.04. The maximum absolute atomic E-state index is 10.9. The summed E-state index contributed by atoms with van der Waals surface area (Å²) in [5, 5.41) is 8.32. The van der Waals surface area contributed by atoms with Crippen molar-refractivity contribution < 1.29 is 28.9 Å². The van der Waals surface area contributed by atoms with Gasteiger partial charge in [0.15, 0.2) is 0 Å². The first kappa shape index (κ1) is 15.6. The Morgan fingerprint density at radius 2 is 1.59 bits per heavy atom. The summed E-state index contributed by atoms with van der Waals surface area (Å²) in [6, 6.07) is 0. The number of aliphatic carboxylic acids is 1. The summed E-state index contributed by atoms with van der Waals surface area (Å²) in [6.45, 7) is 6.28. The van der Waals surface area contributed by atoms with Crippen LogP contribution >= 0.6 is 0 Å². The molecule has 0 saturated carbocycles. The van der Waals surface area contributed by atoms with Crippen molar-refractivity contribution in [2.45, 2.75) is 13.3 Å². The van der Waals surface area contributed by atoms with Crippen molar-refractivity contribution in [2.24, 2.45) is 0 Å². The Hall–Kier alpha value is -1.40. The molecule has 17 heavy (non-hydrogen) atoms. The van der Waals surface area contributed by atoms with Crippen LogP contribution in [0, 0.1) is 0 Å². The number of carboxylic acid groups (broad SMARTS) is 1. The number of carbonyl (C=O) groups excluding carboxylic acids is 1. The van der Waals surface area contributed by atoms with Gasteiger partial charge in [-0.15, -0.1) is 0 Å². The number of ether oxygens (including phenoxy) is 3. The van der Waals surface area contributed by atoms with Crippen LogP contribution < -0.4 is 0 Å². The van der Waals surface area contributed by atoms with Gasteiger partial charge in [-0.05, 0) is 6.92 Å². The van der Waals surface area contributed by atoms with Gasteiger partial charge in [0.05, 0.1) is 32.8 Å². The van der Waals surface area contributed by atoms with Crippen molar-refractivity contribution in [3.8, 4) is 0 Å². The molecule has 0 amide bonds. The van der Waals surface area contributed by atoms with Crippen LogP contribution in [0.2, 0.25) is 0 Å². The van der Waals surface area contributed by atoms with Crippen molar-refractivity contribution in [1.82, 2.24) is 0 Å². The van der Waals surface area contributed by atoms with E-state index in [4.69, 9.17) is 19.3 Å². The first-order valence-electron chi connectivity index (χ1n) is 5.24. The fourth-order valence-electron chi connectivity index (χ4n) is 0.798. The second kappa shape index (κ2) is 9.80. The van der Waals surface area contributed by atoms with Crippen molar-refractivity contribution in [3.05, 3.63) is 12.2 Å². The zero-order valence-corrected chi connectivity index (χ0v) is 9.94. The third-order valence-electron chi connectivity index (χ3n) is 1.64. The lowest BCUT2D eigenvalue weighted by molar-refractivity contribution is -0.140. The predicted molar refractivity (Wildman–Crippen MR) is 59.7 cm³/mol. The molecule has 0 aromatic heterocycles. The molecule has 0 unspecified atom stereocenters. The number of hydrogen-bond acceptors (Lipinski definition) is 5. The third kappa shape index (κ3) is 10.9. The van der Waals surface area contributed by atoms with E-state index in [0.29, 0.717) is 18.8 Å². The lowest BCUT2D eigenvalue weighted by Gasteiger charge is -2.06. The largest absolute Gasteiger partial charge is 0.481 e. The molecule has 0 saturated heterocycles. The van der Waals surface area contributed by atoms with Gasteiger partial charge in [0, 0.05) is 5.57 Å². The number of esters is 1. The normalized spacial score (nSPS) is 9.94. The molecule has 0 spiro atoms. The number of rotatable bonds is 10. The molecule has 98 valence electrons. The van der Waals surface area contributed by atoms with Gasteiger partial charge in [-0.25, -0.2) is 4.79 Å². The monoisotopic (exact) mass is 246 g/mol. The number of carbonyl (C=O) groups is 2. The molecule has 0 radical (unpaired) electrons. The fraction of sp³-hybridized carbons (Fsp3) is 0.636. The smallest absolute Gasteiger partial charge is 0.333 e. The van der Waals surface area contributed by atoms with Gasteiger partial charge in [-0.1, -0.05) is 6.58 Å². The first-order valence-corrected chi connectivity index (χ1v) is 5.24. The lowest BCUT2D eigenvalue weighted by Crippen LogP contribution is -2.13. The zero-order chi connectivity index (χ0) is 13.1. The highest BCUT2D eigenvalue weighted by Crippen LogP contribution is 1.91. The van der Waals surface area contributed by atoms with Crippen LogP contribution in [-0.4, -0.2) is 50.1 Å². The zero-order valence-electron chi connectivity index (χ0n) is 9.94. The summed E-state index contributed by atoms with van der Waals surface area (Å²) in [5.41, 5.74) is 0.349. The summed E-state index contributed by atoms with van der Waals surface area (Å²) in [6.07, 6.45) is -0.0176. The van der Waals surface area contributed by atoms with Gasteiger partial charge in [-0.3, -0.25) is 4.79 Å². The average molecular weight is 246 g/mol. The Kier molecular flexibility index (Phi) is 8.99. The second-order valence-electron chi connectivity index (χ2n) is 3.28. The van der Waals surface area contributed by atoms with Crippen molar-refractivity contribution in [1.29, 1.82) is 0 Å². The van der Waals surface area contributed by atoms with Crippen LogP contribution in [0.3, 0.4) is 0 Å². The maximum atomic E-state index is 10.9. The predicted octanol–water partition coefficient (Wildman–Crippen LogP) is 0.614. The molecule has 0 rings (SSSR count). The highest BCUT2D eigenvalue weighted by atomic mass is 16.6. The van der Waals surface area contributed by atoms with Gasteiger partial charge < -0.3 is 19.3 Å². The van der Waals surface area contributed by atoms with Crippen LogP contribution in [0.4, 0.5) is 0 Å². The fourth-order valence-corrected chi connectivity index (χ4v) is 0.798. The minimum Gasteiger partial charge on any atom is -0.481 e. The average Bonchev–Trinajstić information content (AvgIpc) is 2.25. The molecule has 0 aliphatic heterocycles. The molecule has 1 N–H and O–H groups in total. The Morgan fingerprint density at radius 3 is 2.12 bits per heavy atom. The molecular weight excluding hydrogens is 228 g/mol. The Morgan fingerprint density at radius 1 is 1.06 bits per heavy atom. The van der Waals surface area contributed by atoms with E-state index in [-0.39, 0.29) is 26.2 Å². The van der Waals surface area contributed by atoms with Gasteiger partial charge in [0.1, 0.15) is 6.61 Å². The number of carboxylic acids is 1. The van der Waals surface area contributed by atoms with Gasteiger partial charge in [0.2, 0.25) is 0 Å². The summed E-state index contributed by atoms with van der Waals surface area (Å²) in [4.78, 5) is 21.0. The molecule has 0 heterocycles. The molecule has 0 fully saturated rings. The van der Waals surface area contributed by atoms with E-state index in [9.17, 15) is 9.59 Å². The Balaban J connectivity index is 3.16. The molecule has 0 bridgehead atoms. The highest BCUT2D eigenvalue weighted by molar-refractivity contribution is 5.86. The van der Waals surface area contributed by atoms with Crippen LogP contribution in [0.1, 0.15) is 13.3 Å². The van der Waals surface area contributed by atoms with Crippen LogP contribution in [-0.2, 0) is 23.8 Å². The van der Waals surface area contributed by atoms with E-state index < -0.39 is 11.9 Å². The quantitative estimate of drug-likeness (QED) is 0.345. The Bertz CT molecular complexity index is 261. The SMILES string of the molecule is C=C(C)C(=O)OCCOCCOCCC(=O)O. The minimum absolute atomic E-state index is 0.0176. The summed E-state index contributed by atoms with van der Waals surface area (Å²) in [7, 11) is 0. The van der Waals surface area contributed by atoms with Crippen molar-refractivity contribution in [3.63, 3.8) is 0 Å². The van der Waals surface area contributed by atoms with E-state index in [1.165, 1.54) is 0 Å². The molecule has 0 aromatic carbocycles. The van der Waals surface area contributed by atoms with Gasteiger partial charge in [-0.2, -0.15) is 0 Å². The van der Waals surface area contributed by atoms with E-state index in [0.717, 1.165) is 0 Å². The second-order valence-corrected chi connectivity index (χ2v) is 3.28. The maximum Gasteiger partial charge on any atom is 0.333 e. The van der Waals surface area contributed by atoms with E-state index in [2.05, 4.69) is 6.58 Å². The van der Waals surface area contributed by atoms with E-state index >= 15 is 0 Å². The Labute approximate surface area is 100 Å². The van der Waals surface area contributed by atoms with Gasteiger partial charge >= 0.3 is 11.9 Å². The number of hydrogen-bond donors (Lipinski definition) is 1. The third-order valence-corrected chi connectivity index (χ3v) is 1.64. The highest BCUT2D eigenvalue weighted by Gasteiger charge is 2.01. The van der Waals surface area contributed by atoms with Gasteiger partial charge in [0.25, 0.3) is 0 Å². The van der Waals surface area contributed by atoms with E-state index in [1.54, 1.807) is 6.92 Å². The molecule has 0 aromatic rings. The van der Waals surface area contributed by atoms with Crippen LogP contribution in [0.5, 0.6) is 0 Å². The minimum atomic E-state index is -0.891. The summed E-state index contributed by atoms with van der Waals surface area (Å²) >= 11 is 0. The molecular formula is C11H18O6. The van der Waals surface area contributed by atoms with Crippen molar-refractivity contribution in [2.75, 3.05) is 33.0 Å². The molecule has 0 aliphatic rings. The van der Waals surface area contributed by atoms with Crippen LogP contribution in [0.25, 0.3) is 0 Å². The van der Waals surface area contributed by atoms with Crippen molar-refractivity contribution >= 4 is 11.9 Å². The summed E-state index contributed by atoms with van der Waals surface area (Å²) < 4.78 is 14.9. The topological polar surface area (TPSA) is 82.1 Å². The molecule has 6 nitrogen and oxygen atoms in total. The molecule has 0 aliphatic carbocycles.